The van der Waals surface area contributed by atoms with E-state index in [1.54, 1.807) is 49.9 Å². The third kappa shape index (κ3) is 7.62. The Labute approximate surface area is 247 Å². The van der Waals surface area contributed by atoms with Gasteiger partial charge in [-0.05, 0) is 43.7 Å². The molecule has 14 heteroatoms. The van der Waals surface area contributed by atoms with E-state index in [0.29, 0.717) is 35.9 Å². The van der Waals surface area contributed by atoms with Crippen molar-refractivity contribution in [2.45, 2.75) is 52.0 Å². The molecule has 43 heavy (non-hydrogen) atoms. The maximum absolute atomic E-state index is 13.4. The third-order valence-electron chi connectivity index (χ3n) is 6.90. The number of hydrogen-bond acceptors (Lipinski definition) is 6. The number of benzene rings is 1. The lowest BCUT2D eigenvalue weighted by Gasteiger charge is -2.33. The Morgan fingerprint density at radius 2 is 1.77 bits per heavy atom. The molecule has 1 atom stereocenters. The molecule has 0 fully saturated rings. The van der Waals surface area contributed by atoms with Gasteiger partial charge in [-0.25, -0.2) is 9.78 Å². The number of alkyl halides is 3. The van der Waals surface area contributed by atoms with Crippen LogP contribution in [0.2, 0.25) is 0 Å². The molecule has 1 aliphatic rings. The molecule has 0 unspecified atom stereocenters. The van der Waals surface area contributed by atoms with Crippen LogP contribution in [0.5, 0.6) is 0 Å². The number of fused-ring (bicyclic) bond motifs is 1. The highest BCUT2D eigenvalue weighted by Crippen LogP contribution is 2.34. The average molecular weight is 601 g/mol. The van der Waals surface area contributed by atoms with Gasteiger partial charge in [-0.1, -0.05) is 19.1 Å². The van der Waals surface area contributed by atoms with E-state index in [1.807, 2.05) is 18.5 Å². The first-order chi connectivity index (χ1) is 20.2. The maximum Gasteiger partial charge on any atom is 0.405 e. The van der Waals surface area contributed by atoms with Crippen LogP contribution in [0, 0.1) is 0 Å². The van der Waals surface area contributed by atoms with Crippen molar-refractivity contribution in [1.29, 1.82) is 0 Å². The number of urea groups is 1. The number of nitrogens with one attached hydrogen (secondary N) is 3. The van der Waals surface area contributed by atoms with Crippen LogP contribution in [0.4, 0.5) is 29.5 Å². The van der Waals surface area contributed by atoms with Crippen molar-refractivity contribution in [3.8, 4) is 0 Å². The summed E-state index contributed by atoms with van der Waals surface area (Å²) in [6, 6.07) is 8.99. The van der Waals surface area contributed by atoms with E-state index in [4.69, 9.17) is 5.10 Å². The monoisotopic (exact) mass is 600 g/mol. The number of nitrogens with zero attached hydrogens (tertiary/aromatic N) is 5. The number of aromatic nitrogens is 3. The Kier molecular flexibility index (Phi) is 9.26. The summed E-state index contributed by atoms with van der Waals surface area (Å²) in [6.07, 6.45) is -2.95. The molecular formula is C29H35F3N8O3. The number of hydrogen-bond donors (Lipinski definition) is 3. The lowest BCUT2D eigenvalue weighted by molar-refractivity contribution is -0.122. The highest BCUT2D eigenvalue weighted by molar-refractivity contribution is 5.95. The van der Waals surface area contributed by atoms with Gasteiger partial charge in [0.05, 0.1) is 5.56 Å². The number of amides is 4. The first-order valence-electron chi connectivity index (χ1n) is 13.8. The van der Waals surface area contributed by atoms with Gasteiger partial charge in [0.1, 0.15) is 12.4 Å². The summed E-state index contributed by atoms with van der Waals surface area (Å²) in [7, 11) is 3.36. The summed E-state index contributed by atoms with van der Waals surface area (Å²) in [5.74, 6) is 0.261. The van der Waals surface area contributed by atoms with Gasteiger partial charge >= 0.3 is 12.2 Å². The molecule has 230 valence electrons. The topological polar surface area (TPSA) is 124 Å². The molecule has 3 N–H and O–H groups in total. The van der Waals surface area contributed by atoms with Gasteiger partial charge in [-0.15, -0.1) is 0 Å². The molecule has 0 saturated carbocycles. The van der Waals surface area contributed by atoms with Crippen LogP contribution < -0.4 is 20.9 Å². The number of pyridine rings is 1. The Balaban J connectivity index is 1.46. The predicted molar refractivity (Wildman–Crippen MR) is 155 cm³/mol. The van der Waals surface area contributed by atoms with E-state index in [2.05, 4.69) is 27.4 Å². The van der Waals surface area contributed by atoms with E-state index in [-0.39, 0.29) is 30.3 Å². The van der Waals surface area contributed by atoms with Crippen LogP contribution in [-0.4, -0.2) is 70.9 Å². The van der Waals surface area contributed by atoms with Crippen LogP contribution in [0.3, 0.4) is 0 Å². The van der Waals surface area contributed by atoms with Crippen LogP contribution in [0.25, 0.3) is 0 Å². The standard InChI is InChI=1S/C29H35F3N8O3/c1-17(2)40-25-18(3)14-39(23-11-8-20(13-33-23)27(42)38(4)5)15-22(25)24(37-40)26(41)34-12-19-6-9-21(10-7-19)36-28(43)35-16-29(30,31)32/h6-11,13,17-18H,12,14-16H2,1-5H3,(H,34,41)(H2,35,36,43)/t18-/m0/s1. The summed E-state index contributed by atoms with van der Waals surface area (Å²) in [6.45, 7) is 5.91. The Bertz CT molecular complexity index is 1470. The van der Waals surface area contributed by atoms with Crippen molar-refractivity contribution in [1.82, 2.24) is 30.3 Å². The maximum atomic E-state index is 13.4. The summed E-state index contributed by atoms with van der Waals surface area (Å²) >= 11 is 0. The number of halogens is 3. The van der Waals surface area contributed by atoms with Crippen molar-refractivity contribution < 1.29 is 27.6 Å². The molecule has 0 aliphatic carbocycles. The third-order valence-corrected chi connectivity index (χ3v) is 6.90. The van der Waals surface area contributed by atoms with Gasteiger partial charge in [-0.3, -0.25) is 14.3 Å². The quantitative estimate of drug-likeness (QED) is 0.354. The molecule has 1 aliphatic heterocycles. The zero-order valence-electron chi connectivity index (χ0n) is 24.6. The van der Waals surface area contributed by atoms with Gasteiger partial charge in [-0.2, -0.15) is 18.3 Å². The molecule has 4 amide bonds. The van der Waals surface area contributed by atoms with Gasteiger partial charge < -0.3 is 25.8 Å². The van der Waals surface area contributed by atoms with Crippen molar-refractivity contribution in [2.75, 3.05) is 37.4 Å². The largest absolute Gasteiger partial charge is 0.405 e. The Morgan fingerprint density at radius 1 is 1.07 bits per heavy atom. The minimum atomic E-state index is -4.50. The number of carbonyl (C=O) groups excluding carboxylic acids is 3. The summed E-state index contributed by atoms with van der Waals surface area (Å²) in [5, 5.41) is 11.7. The predicted octanol–water partition coefficient (Wildman–Crippen LogP) is 4.30. The summed E-state index contributed by atoms with van der Waals surface area (Å²) in [4.78, 5) is 45.4. The lowest BCUT2D eigenvalue weighted by atomic mass is 9.95. The Morgan fingerprint density at radius 3 is 2.35 bits per heavy atom. The normalized spacial score (nSPS) is 14.7. The van der Waals surface area contributed by atoms with E-state index < -0.39 is 18.8 Å². The van der Waals surface area contributed by atoms with Crippen LogP contribution >= 0.6 is 0 Å². The summed E-state index contributed by atoms with van der Waals surface area (Å²) < 4.78 is 38.8. The van der Waals surface area contributed by atoms with E-state index in [0.717, 1.165) is 16.8 Å². The molecule has 3 aromatic rings. The fraction of sp³-hybridized carbons (Fsp3) is 0.414. The molecule has 0 radical (unpaired) electrons. The average Bonchev–Trinajstić information content (AvgIpc) is 3.36. The Hall–Kier alpha value is -4.62. The SMILES string of the molecule is CC(C)n1nc(C(=O)NCc2ccc(NC(=O)NCC(F)(F)F)cc2)c2c1[C@@H](C)CN(c1ccc(C(=O)N(C)C)cn1)C2. The number of carbonyl (C=O) groups is 3. The molecule has 0 saturated heterocycles. The molecule has 1 aromatic carbocycles. The smallest absolute Gasteiger partial charge is 0.351 e. The van der Waals surface area contributed by atoms with Gasteiger partial charge in [0.25, 0.3) is 11.8 Å². The molecular weight excluding hydrogens is 565 g/mol. The van der Waals surface area contributed by atoms with Crippen molar-refractivity contribution in [3.63, 3.8) is 0 Å². The number of rotatable bonds is 8. The molecule has 3 heterocycles. The first kappa shape index (κ1) is 31.3. The van der Waals surface area contributed by atoms with Crippen molar-refractivity contribution in [3.05, 3.63) is 70.7 Å². The highest BCUT2D eigenvalue weighted by Gasteiger charge is 2.33. The first-order valence-corrected chi connectivity index (χ1v) is 13.8. The second-order valence-corrected chi connectivity index (χ2v) is 10.9. The molecule has 11 nitrogen and oxygen atoms in total. The van der Waals surface area contributed by atoms with Crippen LogP contribution in [0.1, 0.15) is 70.4 Å². The van der Waals surface area contributed by atoms with Crippen LogP contribution in [0.15, 0.2) is 42.6 Å². The highest BCUT2D eigenvalue weighted by atomic mass is 19.4. The second kappa shape index (κ2) is 12.7. The van der Waals surface area contributed by atoms with Crippen LogP contribution in [-0.2, 0) is 13.1 Å². The molecule has 4 rings (SSSR count). The second-order valence-electron chi connectivity index (χ2n) is 10.9. The van der Waals surface area contributed by atoms with Crippen molar-refractivity contribution in [2.24, 2.45) is 0 Å². The minimum absolute atomic E-state index is 0.0344. The van der Waals surface area contributed by atoms with E-state index in [9.17, 15) is 27.6 Å². The van der Waals surface area contributed by atoms with Gasteiger partial charge in [0, 0.05) is 68.8 Å². The zero-order chi connectivity index (χ0) is 31.5. The van der Waals surface area contributed by atoms with Gasteiger partial charge in [0.2, 0.25) is 0 Å². The van der Waals surface area contributed by atoms with E-state index >= 15 is 0 Å². The number of anilines is 2. The molecule has 0 bridgehead atoms. The van der Waals surface area contributed by atoms with Gasteiger partial charge in [0.15, 0.2) is 5.69 Å². The van der Waals surface area contributed by atoms with E-state index in [1.165, 1.54) is 17.0 Å². The summed E-state index contributed by atoms with van der Waals surface area (Å²) in [5.41, 5.74) is 3.64. The fourth-order valence-electron chi connectivity index (χ4n) is 4.87. The molecule has 0 spiro atoms. The zero-order valence-corrected chi connectivity index (χ0v) is 24.6. The fourth-order valence-corrected chi connectivity index (χ4v) is 4.87. The van der Waals surface area contributed by atoms with Crippen molar-refractivity contribution >= 4 is 29.4 Å². The lowest BCUT2D eigenvalue weighted by Crippen LogP contribution is -2.36. The minimum Gasteiger partial charge on any atom is -0.351 e. The molecule has 2 aromatic heterocycles.